The molecular weight excluding hydrogens is 167 g/mol. The molecule has 0 aromatic carbocycles. The van der Waals surface area contributed by atoms with E-state index < -0.39 is 23.5 Å². The molecule has 1 rings (SSSR count). The Labute approximate surface area is 67.3 Å². The molecule has 0 heterocycles. The van der Waals surface area contributed by atoms with E-state index >= 15 is 0 Å². The van der Waals surface area contributed by atoms with Crippen LogP contribution in [0.5, 0.6) is 0 Å². The summed E-state index contributed by atoms with van der Waals surface area (Å²) in [5.41, 5.74) is -2.54. The first kappa shape index (κ1) is 8.89. The van der Waals surface area contributed by atoms with Crippen LogP contribution in [0.15, 0.2) is 24.1 Å². The van der Waals surface area contributed by atoms with Crippen molar-refractivity contribution >= 4 is 5.97 Å². The first-order valence-corrected chi connectivity index (χ1v) is 3.17. The van der Waals surface area contributed by atoms with Crippen molar-refractivity contribution in [1.82, 2.24) is 0 Å². The zero-order valence-electron chi connectivity index (χ0n) is 5.94. The van der Waals surface area contributed by atoms with Gasteiger partial charge in [-0.15, -0.1) is 0 Å². The van der Waals surface area contributed by atoms with Gasteiger partial charge in [-0.1, -0.05) is 0 Å². The van der Waals surface area contributed by atoms with Gasteiger partial charge in [0.15, 0.2) is 0 Å². The van der Waals surface area contributed by atoms with E-state index in [0.29, 0.717) is 6.08 Å². The van der Waals surface area contributed by atoms with Crippen molar-refractivity contribution in [3.8, 4) is 0 Å². The fourth-order valence-corrected chi connectivity index (χ4v) is 0.862. The topological polar surface area (TPSA) is 77.8 Å². The van der Waals surface area contributed by atoms with Gasteiger partial charge in [0.25, 0.3) is 0 Å². The van der Waals surface area contributed by atoms with E-state index in [0.717, 1.165) is 12.2 Å². The molecule has 2 atom stereocenters. The summed E-state index contributed by atoms with van der Waals surface area (Å²) in [6.07, 6.45) is 0.612. The quantitative estimate of drug-likeness (QED) is 0.504. The third kappa shape index (κ3) is 1.24. The Balaban J connectivity index is 3.05. The summed E-state index contributed by atoms with van der Waals surface area (Å²) in [5.74, 6) is -2.57. The van der Waals surface area contributed by atoms with E-state index in [-0.39, 0.29) is 0 Å². The van der Waals surface area contributed by atoms with Crippen LogP contribution in [0.2, 0.25) is 0 Å². The third-order valence-electron chi connectivity index (χ3n) is 1.59. The fourth-order valence-electron chi connectivity index (χ4n) is 0.862. The molecule has 1 aliphatic carbocycles. The minimum Gasteiger partial charge on any atom is -0.479 e. The minimum absolute atomic E-state index is 0.458. The van der Waals surface area contributed by atoms with Crippen molar-refractivity contribution in [2.75, 3.05) is 0 Å². The zero-order chi connectivity index (χ0) is 9.35. The van der Waals surface area contributed by atoms with Gasteiger partial charge in [-0.25, -0.2) is 9.18 Å². The molecule has 66 valence electrons. The second-order valence-electron chi connectivity index (χ2n) is 2.46. The average Bonchev–Trinajstić information content (AvgIpc) is 1.97. The van der Waals surface area contributed by atoms with Crippen LogP contribution < -0.4 is 0 Å². The SMILES string of the molecule is O=C(O)[C@]1(O)C=C(F)C=C[C@H]1O. The predicted octanol–water partition coefficient (Wildman–Crippen LogP) is -0.414. The number of allylic oxidation sites excluding steroid dienone is 2. The number of hydrogen-bond acceptors (Lipinski definition) is 3. The molecule has 0 fully saturated rings. The van der Waals surface area contributed by atoms with E-state index in [1.165, 1.54) is 0 Å². The Hall–Kier alpha value is -1.20. The summed E-state index contributed by atoms with van der Waals surface area (Å²) >= 11 is 0. The molecule has 1 aliphatic rings. The van der Waals surface area contributed by atoms with Crippen molar-refractivity contribution in [3.05, 3.63) is 24.1 Å². The van der Waals surface area contributed by atoms with Gasteiger partial charge in [-0.3, -0.25) is 0 Å². The van der Waals surface area contributed by atoms with Gasteiger partial charge in [0, 0.05) is 0 Å². The van der Waals surface area contributed by atoms with E-state index in [4.69, 9.17) is 10.2 Å². The van der Waals surface area contributed by atoms with Crippen LogP contribution in [0.4, 0.5) is 4.39 Å². The first-order valence-electron chi connectivity index (χ1n) is 3.17. The Morgan fingerprint density at radius 2 is 2.25 bits per heavy atom. The molecule has 0 aromatic rings. The molecule has 5 heteroatoms. The smallest absolute Gasteiger partial charge is 0.343 e. The van der Waals surface area contributed by atoms with Crippen LogP contribution in [0.3, 0.4) is 0 Å². The van der Waals surface area contributed by atoms with Crippen molar-refractivity contribution in [3.63, 3.8) is 0 Å². The molecule has 0 aromatic heterocycles. The number of aliphatic hydroxyl groups is 2. The maximum absolute atomic E-state index is 12.5. The highest BCUT2D eigenvalue weighted by atomic mass is 19.1. The molecule has 0 aliphatic heterocycles. The van der Waals surface area contributed by atoms with Crippen LogP contribution in [0.1, 0.15) is 0 Å². The Bertz CT molecular complexity index is 271. The lowest BCUT2D eigenvalue weighted by Crippen LogP contribution is -2.48. The molecule has 0 saturated heterocycles. The summed E-state index contributed by atoms with van der Waals surface area (Å²) in [6.45, 7) is 0. The normalized spacial score (nSPS) is 34.6. The monoisotopic (exact) mass is 174 g/mol. The van der Waals surface area contributed by atoms with Gasteiger partial charge in [-0.2, -0.15) is 0 Å². The third-order valence-corrected chi connectivity index (χ3v) is 1.59. The average molecular weight is 174 g/mol. The fraction of sp³-hybridized carbons (Fsp3) is 0.286. The highest BCUT2D eigenvalue weighted by Crippen LogP contribution is 2.22. The van der Waals surface area contributed by atoms with Gasteiger partial charge in [0.05, 0.1) is 0 Å². The summed E-state index contributed by atoms with van der Waals surface area (Å²) < 4.78 is 12.5. The molecule has 4 nitrogen and oxygen atoms in total. The van der Waals surface area contributed by atoms with E-state index in [2.05, 4.69) is 0 Å². The molecule has 12 heavy (non-hydrogen) atoms. The van der Waals surface area contributed by atoms with Crippen molar-refractivity contribution < 1.29 is 24.5 Å². The highest BCUT2D eigenvalue weighted by molar-refractivity contribution is 5.81. The number of hydrogen-bond donors (Lipinski definition) is 3. The van der Waals surface area contributed by atoms with E-state index in [9.17, 15) is 14.3 Å². The van der Waals surface area contributed by atoms with E-state index in [1.54, 1.807) is 0 Å². The Morgan fingerprint density at radius 3 is 2.67 bits per heavy atom. The number of aliphatic hydroxyl groups excluding tert-OH is 1. The number of halogens is 1. The van der Waals surface area contributed by atoms with Crippen molar-refractivity contribution in [2.24, 2.45) is 0 Å². The number of carbonyl (C=O) groups is 1. The van der Waals surface area contributed by atoms with Crippen LogP contribution in [0, 0.1) is 0 Å². The molecule has 0 unspecified atom stereocenters. The number of aliphatic carboxylic acids is 1. The molecule has 0 amide bonds. The van der Waals surface area contributed by atoms with Gasteiger partial charge in [-0.05, 0) is 18.2 Å². The van der Waals surface area contributed by atoms with Gasteiger partial charge in [0.2, 0.25) is 5.60 Å². The van der Waals surface area contributed by atoms with Crippen LogP contribution in [-0.4, -0.2) is 33.0 Å². The van der Waals surface area contributed by atoms with Crippen LogP contribution in [-0.2, 0) is 4.79 Å². The van der Waals surface area contributed by atoms with Gasteiger partial charge >= 0.3 is 5.97 Å². The lowest BCUT2D eigenvalue weighted by molar-refractivity contribution is -0.160. The number of rotatable bonds is 1. The second-order valence-corrected chi connectivity index (χ2v) is 2.46. The van der Waals surface area contributed by atoms with E-state index in [1.807, 2.05) is 0 Å². The Morgan fingerprint density at radius 1 is 1.67 bits per heavy atom. The largest absolute Gasteiger partial charge is 0.479 e. The second kappa shape index (κ2) is 2.69. The number of carboxylic acid groups (broad SMARTS) is 1. The van der Waals surface area contributed by atoms with Gasteiger partial charge < -0.3 is 15.3 Å². The maximum Gasteiger partial charge on any atom is 0.343 e. The summed E-state index contributed by atoms with van der Waals surface area (Å²) in [6, 6.07) is 0. The Kier molecular flexibility index (Phi) is 1.99. The summed E-state index contributed by atoms with van der Waals surface area (Å²) in [4.78, 5) is 10.4. The molecule has 3 N–H and O–H groups in total. The lowest BCUT2D eigenvalue weighted by atomic mass is 9.92. The van der Waals surface area contributed by atoms with Crippen molar-refractivity contribution in [1.29, 1.82) is 0 Å². The molecule has 0 bridgehead atoms. The molecule has 0 saturated carbocycles. The van der Waals surface area contributed by atoms with Crippen LogP contribution >= 0.6 is 0 Å². The first-order chi connectivity index (χ1) is 5.47. The number of carboxylic acids is 1. The predicted molar refractivity (Wildman–Crippen MR) is 36.9 cm³/mol. The molecule has 0 radical (unpaired) electrons. The molecule has 0 spiro atoms. The maximum atomic E-state index is 12.5. The minimum atomic E-state index is -2.54. The van der Waals surface area contributed by atoms with Gasteiger partial charge in [0.1, 0.15) is 11.9 Å². The van der Waals surface area contributed by atoms with Crippen molar-refractivity contribution in [2.45, 2.75) is 11.7 Å². The zero-order valence-corrected chi connectivity index (χ0v) is 5.94. The standard InChI is InChI=1S/C7H7FO4/c8-4-1-2-5(9)7(12,3-4)6(10)11/h1-3,5,9,12H,(H,10,11)/t5-,7+/m1/s1. The van der Waals surface area contributed by atoms with Crippen LogP contribution in [0.25, 0.3) is 0 Å². The summed E-state index contributed by atoms with van der Waals surface area (Å²) in [7, 11) is 0. The highest BCUT2D eigenvalue weighted by Gasteiger charge is 2.42. The lowest BCUT2D eigenvalue weighted by Gasteiger charge is -2.25. The summed E-state index contributed by atoms with van der Waals surface area (Å²) in [5, 5.41) is 26.6. The molecular formula is C7H7FO4.